The minimum Gasteiger partial charge on any atom is -0.352 e. The minimum atomic E-state index is -4.20. The van der Waals surface area contributed by atoms with Crippen LogP contribution in [-0.4, -0.2) is 43.8 Å². The van der Waals surface area contributed by atoms with Gasteiger partial charge in [0, 0.05) is 34.6 Å². The van der Waals surface area contributed by atoms with Crippen molar-refractivity contribution in [2.24, 2.45) is 0 Å². The standard InChI is InChI=1S/C35H37Cl2N3O4S/c1-24(2)38-35(42)33(21-27-14-7-5-8-15-27)39(22-29-30(36)18-12-19-31(29)37)34(41)23-40(32-20-11-13-25(3)26(32)4)45(43,44)28-16-9-6-10-17-28/h5-20,24,33H,21-23H2,1-4H3,(H,38,42). The highest BCUT2D eigenvalue weighted by atomic mass is 35.5. The lowest BCUT2D eigenvalue weighted by Crippen LogP contribution is -2.54. The van der Waals surface area contributed by atoms with Gasteiger partial charge in [0.05, 0.1) is 10.6 Å². The lowest BCUT2D eigenvalue weighted by atomic mass is 10.0. The van der Waals surface area contributed by atoms with Gasteiger partial charge in [-0.25, -0.2) is 8.42 Å². The second kappa shape index (κ2) is 15.0. The first-order valence-electron chi connectivity index (χ1n) is 14.6. The van der Waals surface area contributed by atoms with Gasteiger partial charge in [0.15, 0.2) is 0 Å². The monoisotopic (exact) mass is 665 g/mol. The van der Waals surface area contributed by atoms with Gasteiger partial charge in [-0.15, -0.1) is 0 Å². The molecule has 7 nitrogen and oxygen atoms in total. The number of benzene rings is 4. The summed E-state index contributed by atoms with van der Waals surface area (Å²) in [5, 5.41) is 3.59. The summed E-state index contributed by atoms with van der Waals surface area (Å²) in [7, 11) is -4.20. The summed E-state index contributed by atoms with van der Waals surface area (Å²) >= 11 is 13.1. The zero-order valence-electron chi connectivity index (χ0n) is 25.7. The van der Waals surface area contributed by atoms with Gasteiger partial charge >= 0.3 is 0 Å². The van der Waals surface area contributed by atoms with Crippen LogP contribution in [0.5, 0.6) is 0 Å². The van der Waals surface area contributed by atoms with Crippen LogP contribution in [0.2, 0.25) is 10.0 Å². The molecule has 0 aliphatic carbocycles. The number of aryl methyl sites for hydroxylation is 1. The molecule has 0 heterocycles. The number of nitrogens with zero attached hydrogens (tertiary/aromatic N) is 2. The van der Waals surface area contributed by atoms with E-state index in [9.17, 15) is 18.0 Å². The molecule has 0 aliphatic heterocycles. The smallest absolute Gasteiger partial charge is 0.264 e. The van der Waals surface area contributed by atoms with Crippen LogP contribution in [0.15, 0.2) is 102 Å². The van der Waals surface area contributed by atoms with Gasteiger partial charge < -0.3 is 10.2 Å². The van der Waals surface area contributed by atoms with Gasteiger partial charge in [-0.05, 0) is 74.7 Å². The predicted octanol–water partition coefficient (Wildman–Crippen LogP) is 6.97. The van der Waals surface area contributed by atoms with E-state index in [0.717, 1.165) is 15.4 Å². The molecule has 2 amide bonds. The van der Waals surface area contributed by atoms with Gasteiger partial charge in [-0.2, -0.15) is 0 Å². The first-order chi connectivity index (χ1) is 21.4. The maximum absolute atomic E-state index is 14.6. The van der Waals surface area contributed by atoms with E-state index in [1.807, 2.05) is 64.1 Å². The van der Waals surface area contributed by atoms with Crippen molar-refractivity contribution in [3.8, 4) is 0 Å². The molecule has 4 aromatic carbocycles. The Balaban J connectivity index is 1.86. The van der Waals surface area contributed by atoms with E-state index >= 15 is 0 Å². The highest BCUT2D eigenvalue weighted by Gasteiger charge is 2.35. The summed E-state index contributed by atoms with van der Waals surface area (Å²) in [6.07, 6.45) is 0.183. The number of anilines is 1. The molecule has 0 spiro atoms. The van der Waals surface area contributed by atoms with E-state index in [1.165, 1.54) is 17.0 Å². The van der Waals surface area contributed by atoms with E-state index in [2.05, 4.69) is 5.32 Å². The normalized spacial score (nSPS) is 12.1. The Morgan fingerprint density at radius 3 is 1.98 bits per heavy atom. The molecule has 45 heavy (non-hydrogen) atoms. The molecule has 0 saturated carbocycles. The van der Waals surface area contributed by atoms with Crippen LogP contribution in [0.4, 0.5) is 5.69 Å². The second-order valence-corrected chi connectivity index (χ2v) is 13.8. The van der Waals surface area contributed by atoms with E-state index in [1.54, 1.807) is 48.5 Å². The Morgan fingerprint density at radius 1 is 0.800 bits per heavy atom. The molecule has 4 aromatic rings. The first-order valence-corrected chi connectivity index (χ1v) is 16.8. The van der Waals surface area contributed by atoms with Crippen molar-refractivity contribution in [1.82, 2.24) is 10.2 Å². The van der Waals surface area contributed by atoms with Crippen LogP contribution in [0, 0.1) is 13.8 Å². The number of hydrogen-bond donors (Lipinski definition) is 1. The third-order valence-electron chi connectivity index (χ3n) is 7.55. The van der Waals surface area contributed by atoms with Crippen LogP contribution in [-0.2, 0) is 32.6 Å². The number of nitrogens with one attached hydrogen (secondary N) is 1. The van der Waals surface area contributed by atoms with E-state index in [4.69, 9.17) is 23.2 Å². The van der Waals surface area contributed by atoms with Crippen LogP contribution in [0.3, 0.4) is 0 Å². The van der Waals surface area contributed by atoms with Crippen molar-refractivity contribution in [2.75, 3.05) is 10.8 Å². The molecule has 236 valence electrons. The molecule has 0 bridgehead atoms. The number of carbonyl (C=O) groups excluding carboxylic acids is 2. The Hall–Kier alpha value is -3.85. The second-order valence-electron chi connectivity index (χ2n) is 11.1. The molecule has 0 saturated heterocycles. The average Bonchev–Trinajstić information content (AvgIpc) is 3.01. The minimum absolute atomic E-state index is 0.0396. The molecular formula is C35H37Cl2N3O4S. The van der Waals surface area contributed by atoms with Crippen molar-refractivity contribution in [1.29, 1.82) is 0 Å². The van der Waals surface area contributed by atoms with Crippen molar-refractivity contribution in [2.45, 2.75) is 57.6 Å². The first kappa shape index (κ1) is 34.0. The third kappa shape index (κ3) is 8.25. The van der Waals surface area contributed by atoms with E-state index in [-0.39, 0.29) is 29.8 Å². The molecule has 1 unspecified atom stereocenters. The Labute approximate surface area is 275 Å². The largest absolute Gasteiger partial charge is 0.352 e. The van der Waals surface area contributed by atoms with Crippen LogP contribution < -0.4 is 9.62 Å². The van der Waals surface area contributed by atoms with E-state index in [0.29, 0.717) is 26.9 Å². The zero-order chi connectivity index (χ0) is 32.7. The number of halogens is 2. The molecule has 0 fully saturated rings. The average molecular weight is 667 g/mol. The number of carbonyl (C=O) groups is 2. The summed E-state index contributed by atoms with van der Waals surface area (Å²) in [5.74, 6) is -0.971. The molecule has 0 aliphatic rings. The summed E-state index contributed by atoms with van der Waals surface area (Å²) in [6.45, 7) is 6.69. The highest BCUT2D eigenvalue weighted by Crippen LogP contribution is 2.31. The molecule has 1 N–H and O–H groups in total. The zero-order valence-corrected chi connectivity index (χ0v) is 28.0. The fourth-order valence-corrected chi connectivity index (χ4v) is 7.04. The van der Waals surface area contributed by atoms with Crippen LogP contribution in [0.1, 0.15) is 36.1 Å². The van der Waals surface area contributed by atoms with Crippen molar-refractivity contribution in [3.05, 3.63) is 129 Å². The SMILES string of the molecule is Cc1cccc(N(CC(=O)N(Cc2c(Cl)cccc2Cl)C(Cc2ccccc2)C(=O)NC(C)C)S(=O)(=O)c2ccccc2)c1C. The van der Waals surface area contributed by atoms with Gasteiger partial charge in [0.2, 0.25) is 11.8 Å². The predicted molar refractivity (Wildman–Crippen MR) is 181 cm³/mol. The third-order valence-corrected chi connectivity index (χ3v) is 10.0. The summed E-state index contributed by atoms with van der Waals surface area (Å²) in [5.41, 5.74) is 3.23. The molecule has 1 atom stereocenters. The van der Waals surface area contributed by atoms with Crippen LogP contribution >= 0.6 is 23.2 Å². The number of rotatable bonds is 12. The maximum atomic E-state index is 14.6. The molecule has 0 aromatic heterocycles. The van der Waals surface area contributed by atoms with Gasteiger partial charge in [-0.1, -0.05) is 89.9 Å². The summed E-state index contributed by atoms with van der Waals surface area (Å²) < 4.78 is 29.5. The topological polar surface area (TPSA) is 86.8 Å². The molecule has 4 rings (SSSR count). The Bertz CT molecular complexity index is 1730. The molecule has 10 heteroatoms. The van der Waals surface area contributed by atoms with Crippen LogP contribution in [0.25, 0.3) is 0 Å². The fourth-order valence-electron chi connectivity index (χ4n) is 5.03. The highest BCUT2D eigenvalue weighted by molar-refractivity contribution is 7.92. The van der Waals surface area contributed by atoms with Crippen molar-refractivity contribution in [3.63, 3.8) is 0 Å². The van der Waals surface area contributed by atoms with Gasteiger partial charge in [0.25, 0.3) is 10.0 Å². The lowest BCUT2D eigenvalue weighted by Gasteiger charge is -2.35. The summed E-state index contributed by atoms with van der Waals surface area (Å²) in [6, 6.07) is 26.4. The summed E-state index contributed by atoms with van der Waals surface area (Å²) in [4.78, 5) is 29.9. The Morgan fingerprint density at radius 2 is 1.38 bits per heavy atom. The quantitative estimate of drug-likeness (QED) is 0.177. The lowest BCUT2D eigenvalue weighted by molar-refractivity contribution is -0.140. The number of amides is 2. The van der Waals surface area contributed by atoms with Gasteiger partial charge in [0.1, 0.15) is 12.6 Å². The van der Waals surface area contributed by atoms with Crippen molar-refractivity contribution >= 4 is 50.7 Å². The number of sulfonamides is 1. The van der Waals surface area contributed by atoms with Crippen molar-refractivity contribution < 1.29 is 18.0 Å². The molecule has 0 radical (unpaired) electrons. The molecular weight excluding hydrogens is 629 g/mol. The fraction of sp³-hybridized carbons (Fsp3) is 0.257. The Kier molecular flexibility index (Phi) is 11.3. The maximum Gasteiger partial charge on any atom is 0.264 e. The van der Waals surface area contributed by atoms with Gasteiger partial charge in [-0.3, -0.25) is 13.9 Å². The van der Waals surface area contributed by atoms with E-state index < -0.39 is 28.5 Å². The number of hydrogen-bond acceptors (Lipinski definition) is 4.